The van der Waals surface area contributed by atoms with Crippen LogP contribution in [0.1, 0.15) is 10.4 Å². The van der Waals surface area contributed by atoms with Crippen LogP contribution in [0.4, 0.5) is 18.9 Å². The van der Waals surface area contributed by atoms with Crippen molar-refractivity contribution in [2.45, 2.75) is 6.18 Å². The summed E-state index contributed by atoms with van der Waals surface area (Å²) in [4.78, 5) is 11.8. The number of amides is 1. The van der Waals surface area contributed by atoms with Crippen LogP contribution in [0.15, 0.2) is 18.2 Å². The summed E-state index contributed by atoms with van der Waals surface area (Å²) >= 11 is 0. The maximum absolute atomic E-state index is 11.8. The van der Waals surface area contributed by atoms with Crippen LogP contribution in [0.5, 0.6) is 5.75 Å². The molecule has 3 N–H and O–H groups in total. The van der Waals surface area contributed by atoms with Crippen molar-refractivity contribution >= 4 is 11.6 Å². The predicted octanol–water partition coefficient (Wildman–Crippen LogP) is 1.59. The van der Waals surface area contributed by atoms with Gasteiger partial charge in [-0.25, -0.2) is 0 Å². The Bertz CT molecular complexity index is 464. The van der Waals surface area contributed by atoms with Crippen molar-refractivity contribution in [2.24, 2.45) is 0 Å². The number of carbonyl (C=O) groups excluding carboxylic acids is 1. The summed E-state index contributed by atoms with van der Waals surface area (Å²) in [7, 11) is 1.44. The van der Waals surface area contributed by atoms with Gasteiger partial charge in [-0.15, -0.1) is 0 Å². The minimum atomic E-state index is -4.37. The average molecular weight is 292 g/mol. The molecule has 0 bridgehead atoms. The Morgan fingerprint density at radius 1 is 1.40 bits per heavy atom. The van der Waals surface area contributed by atoms with Gasteiger partial charge >= 0.3 is 6.18 Å². The number of methoxy groups -OCH3 is 1. The minimum Gasteiger partial charge on any atom is -0.497 e. The Balaban J connectivity index is 2.43. The fraction of sp³-hybridized carbons (Fsp3) is 0.417. The highest BCUT2D eigenvalue weighted by Gasteiger charge is 2.27. The number of carbonyl (C=O) groups is 1. The van der Waals surface area contributed by atoms with Crippen molar-refractivity contribution < 1.29 is 27.4 Å². The van der Waals surface area contributed by atoms with Crippen LogP contribution in [0, 0.1) is 0 Å². The van der Waals surface area contributed by atoms with Gasteiger partial charge in [0.2, 0.25) is 0 Å². The Hall–Kier alpha value is -1.96. The molecule has 0 aliphatic rings. The number of halogens is 3. The lowest BCUT2D eigenvalue weighted by atomic mass is 10.1. The minimum absolute atomic E-state index is 0.0500. The Morgan fingerprint density at radius 2 is 2.10 bits per heavy atom. The summed E-state index contributed by atoms with van der Waals surface area (Å²) in [6.07, 6.45) is -4.37. The molecule has 0 unspecified atom stereocenters. The average Bonchev–Trinajstić information content (AvgIpc) is 2.37. The van der Waals surface area contributed by atoms with E-state index < -0.39 is 18.7 Å². The summed E-state index contributed by atoms with van der Waals surface area (Å²) in [5.41, 5.74) is 6.08. The van der Waals surface area contributed by atoms with Gasteiger partial charge in [0.1, 0.15) is 12.4 Å². The molecule has 0 heterocycles. The number of rotatable bonds is 6. The van der Waals surface area contributed by atoms with E-state index in [1.54, 1.807) is 6.07 Å². The SMILES string of the molecule is COc1ccc(N)c(C(=O)NCCOCC(F)(F)F)c1. The van der Waals surface area contributed by atoms with Crippen molar-refractivity contribution in [1.82, 2.24) is 5.32 Å². The number of hydrogen-bond acceptors (Lipinski definition) is 4. The summed E-state index contributed by atoms with van der Waals surface area (Å²) in [5.74, 6) is -0.0466. The quantitative estimate of drug-likeness (QED) is 0.617. The molecule has 1 rings (SSSR count). The molecule has 0 saturated carbocycles. The molecule has 20 heavy (non-hydrogen) atoms. The summed E-state index contributed by atoms with van der Waals surface area (Å²) in [6.45, 7) is -1.63. The van der Waals surface area contributed by atoms with E-state index in [4.69, 9.17) is 10.5 Å². The molecule has 0 atom stereocenters. The van der Waals surface area contributed by atoms with Crippen molar-refractivity contribution in [3.05, 3.63) is 23.8 Å². The molecule has 0 spiro atoms. The lowest BCUT2D eigenvalue weighted by Gasteiger charge is -2.10. The maximum Gasteiger partial charge on any atom is 0.411 e. The van der Waals surface area contributed by atoms with Gasteiger partial charge in [-0.2, -0.15) is 13.2 Å². The molecule has 0 saturated heterocycles. The summed E-state index contributed by atoms with van der Waals surface area (Å²) < 4.78 is 44.7. The van der Waals surface area contributed by atoms with E-state index in [-0.39, 0.29) is 24.4 Å². The molecule has 0 radical (unpaired) electrons. The maximum atomic E-state index is 11.8. The zero-order chi connectivity index (χ0) is 15.2. The molecule has 0 aromatic heterocycles. The van der Waals surface area contributed by atoms with E-state index in [1.165, 1.54) is 19.2 Å². The number of benzene rings is 1. The number of nitrogen functional groups attached to an aromatic ring is 1. The second kappa shape index (κ2) is 6.99. The van der Waals surface area contributed by atoms with Crippen LogP contribution < -0.4 is 15.8 Å². The van der Waals surface area contributed by atoms with Gasteiger partial charge in [0.05, 0.1) is 19.3 Å². The fourth-order valence-electron chi connectivity index (χ4n) is 1.38. The lowest BCUT2D eigenvalue weighted by molar-refractivity contribution is -0.173. The molecule has 1 aromatic carbocycles. The predicted molar refractivity (Wildman–Crippen MR) is 66.6 cm³/mol. The van der Waals surface area contributed by atoms with Gasteiger partial charge in [-0.1, -0.05) is 0 Å². The monoisotopic (exact) mass is 292 g/mol. The van der Waals surface area contributed by atoms with Crippen LogP contribution in [0.3, 0.4) is 0 Å². The highest BCUT2D eigenvalue weighted by Crippen LogP contribution is 2.19. The molecule has 5 nitrogen and oxygen atoms in total. The zero-order valence-electron chi connectivity index (χ0n) is 10.8. The Labute approximate surface area is 113 Å². The number of ether oxygens (including phenoxy) is 2. The molecule has 0 fully saturated rings. The third kappa shape index (κ3) is 5.35. The van der Waals surface area contributed by atoms with Crippen molar-refractivity contribution in [2.75, 3.05) is 32.6 Å². The topological polar surface area (TPSA) is 73.6 Å². The van der Waals surface area contributed by atoms with Crippen LogP contribution in [0.2, 0.25) is 0 Å². The van der Waals surface area contributed by atoms with Crippen molar-refractivity contribution in [3.8, 4) is 5.75 Å². The highest BCUT2D eigenvalue weighted by atomic mass is 19.4. The molecular formula is C12H15F3N2O3. The molecule has 1 amide bonds. The lowest BCUT2D eigenvalue weighted by Crippen LogP contribution is -2.29. The summed E-state index contributed by atoms with van der Waals surface area (Å²) in [5, 5.41) is 2.41. The first-order chi connectivity index (χ1) is 9.33. The number of nitrogens with two attached hydrogens (primary N) is 1. The smallest absolute Gasteiger partial charge is 0.411 e. The van der Waals surface area contributed by atoms with Gasteiger partial charge in [0, 0.05) is 12.2 Å². The Morgan fingerprint density at radius 3 is 2.70 bits per heavy atom. The van der Waals surface area contributed by atoms with Gasteiger partial charge in [0.15, 0.2) is 0 Å². The molecule has 0 aliphatic heterocycles. The number of anilines is 1. The van der Waals surface area contributed by atoms with Gasteiger partial charge in [-0.3, -0.25) is 4.79 Å². The zero-order valence-corrected chi connectivity index (χ0v) is 10.8. The van der Waals surface area contributed by atoms with Gasteiger partial charge < -0.3 is 20.5 Å². The molecule has 8 heteroatoms. The van der Waals surface area contributed by atoms with E-state index in [0.717, 1.165) is 0 Å². The van der Waals surface area contributed by atoms with E-state index in [2.05, 4.69) is 10.1 Å². The largest absolute Gasteiger partial charge is 0.497 e. The first kappa shape index (κ1) is 16.1. The first-order valence-electron chi connectivity index (χ1n) is 5.69. The number of alkyl halides is 3. The van der Waals surface area contributed by atoms with Gasteiger partial charge in [0.25, 0.3) is 5.91 Å². The van der Waals surface area contributed by atoms with Crippen LogP contribution in [-0.2, 0) is 4.74 Å². The molecule has 112 valence electrons. The first-order valence-corrected chi connectivity index (χ1v) is 5.69. The number of hydrogen-bond donors (Lipinski definition) is 2. The van der Waals surface area contributed by atoms with Crippen molar-refractivity contribution in [1.29, 1.82) is 0 Å². The van der Waals surface area contributed by atoms with E-state index in [0.29, 0.717) is 5.75 Å². The third-order valence-corrected chi connectivity index (χ3v) is 2.30. The third-order valence-electron chi connectivity index (χ3n) is 2.30. The Kier molecular flexibility index (Phi) is 5.63. The fourth-order valence-corrected chi connectivity index (χ4v) is 1.38. The van der Waals surface area contributed by atoms with Crippen LogP contribution >= 0.6 is 0 Å². The normalized spacial score (nSPS) is 11.2. The molecule has 0 aliphatic carbocycles. The van der Waals surface area contributed by atoms with E-state index in [1.807, 2.05) is 0 Å². The van der Waals surface area contributed by atoms with Gasteiger partial charge in [-0.05, 0) is 18.2 Å². The summed E-state index contributed by atoms with van der Waals surface area (Å²) in [6, 6.07) is 4.55. The van der Waals surface area contributed by atoms with E-state index >= 15 is 0 Å². The highest BCUT2D eigenvalue weighted by molar-refractivity contribution is 5.99. The number of nitrogens with one attached hydrogen (secondary N) is 1. The van der Waals surface area contributed by atoms with E-state index in [9.17, 15) is 18.0 Å². The standard InChI is InChI=1S/C12H15F3N2O3/c1-19-8-2-3-10(16)9(6-8)11(18)17-4-5-20-7-12(13,14)15/h2-3,6H,4-5,7,16H2,1H3,(H,17,18). The second-order valence-corrected chi connectivity index (χ2v) is 3.88. The molecule has 1 aromatic rings. The van der Waals surface area contributed by atoms with Crippen LogP contribution in [-0.4, -0.2) is 39.0 Å². The second-order valence-electron chi connectivity index (χ2n) is 3.88. The molecular weight excluding hydrogens is 277 g/mol. The van der Waals surface area contributed by atoms with Crippen molar-refractivity contribution in [3.63, 3.8) is 0 Å². The van der Waals surface area contributed by atoms with Crippen LogP contribution in [0.25, 0.3) is 0 Å².